The molecule has 5 aliphatic rings. The summed E-state index contributed by atoms with van der Waals surface area (Å²) in [6, 6.07) is 1.68. The Bertz CT molecular complexity index is 3640. The van der Waals surface area contributed by atoms with Crippen LogP contribution < -0.4 is 43.3 Å². The zero-order chi connectivity index (χ0) is 68.9. The first kappa shape index (κ1) is 73.1. The molecule has 6 heterocycles. The molecule has 3 aliphatic carbocycles. The first-order valence-electron chi connectivity index (χ1n) is 31.7. The number of carboxylic acids is 2. The quantitative estimate of drug-likeness (QED) is 0.0183. The number of nitrogens with two attached hydrogens (primary N) is 2. The number of aromatic nitrogens is 8. The predicted octanol–water partition coefficient (Wildman–Crippen LogP) is 1.53. The van der Waals surface area contributed by atoms with Gasteiger partial charge in [-0.15, -0.1) is 0 Å². The van der Waals surface area contributed by atoms with E-state index in [0.717, 1.165) is 43.0 Å². The smallest absolute Gasteiger partial charge is 0.307 e. The molecule has 7 atom stereocenters. The highest BCUT2D eigenvalue weighted by Crippen LogP contribution is 2.65. The average Bonchev–Trinajstić information content (AvgIpc) is 1.40. The summed E-state index contributed by atoms with van der Waals surface area (Å²) in [4.78, 5) is 130. The van der Waals surface area contributed by atoms with E-state index in [1.54, 1.807) is 19.9 Å². The highest BCUT2D eigenvalue weighted by molar-refractivity contribution is 5.93. The number of nitrogens with zero attached hydrogens (tertiary/aromatic N) is 7. The Morgan fingerprint density at radius 1 is 0.755 bits per heavy atom. The number of fused-ring (bicyclic) bond motifs is 2. The second kappa shape index (κ2) is 32.2. The van der Waals surface area contributed by atoms with Crippen LogP contribution in [0.1, 0.15) is 137 Å². The normalized spacial score (nSPS) is 20.3. The van der Waals surface area contributed by atoms with Gasteiger partial charge in [-0.3, -0.25) is 67.2 Å². The summed E-state index contributed by atoms with van der Waals surface area (Å²) >= 11 is 0. The third-order valence-electron chi connectivity index (χ3n) is 17.0. The molecule has 0 radical (unpaired) electrons. The maximum atomic E-state index is 12.8. The van der Waals surface area contributed by atoms with Crippen LogP contribution in [-0.2, 0) is 73.1 Å². The third kappa shape index (κ3) is 17.7. The average molecular weight is 1320 g/mol. The number of ether oxygens (including phenoxy) is 4. The molecule has 10 rings (SSSR count). The van der Waals surface area contributed by atoms with E-state index >= 15 is 0 Å². The highest BCUT2D eigenvalue weighted by atomic mass is 16.7. The topological polar surface area (TPSA) is 476 Å². The lowest BCUT2D eigenvalue weighted by atomic mass is 9.49. The number of imidazole rings is 2. The van der Waals surface area contributed by atoms with Gasteiger partial charge in [-0.05, 0) is 75.5 Å². The molecule has 32 nitrogen and oxygen atoms in total. The number of anilines is 2. The number of benzene rings is 1. The lowest BCUT2D eigenvalue weighted by molar-refractivity contribution is -0.188. The summed E-state index contributed by atoms with van der Waals surface area (Å²) < 4.78 is 24.4. The first-order chi connectivity index (χ1) is 44.5. The van der Waals surface area contributed by atoms with Crippen molar-refractivity contribution in [1.29, 1.82) is 0 Å². The monoisotopic (exact) mass is 1320 g/mol. The van der Waals surface area contributed by atoms with Crippen molar-refractivity contribution in [3.63, 3.8) is 0 Å². The number of nitrogen functional groups attached to an aromatic ring is 2. The molecule has 2 aliphatic heterocycles. The number of phenolic OH excluding ortho intramolecular Hbond substituents is 1. The van der Waals surface area contributed by atoms with E-state index in [1.807, 2.05) is 47.6 Å². The number of aliphatic hydroxyl groups is 2. The molecule has 1 saturated heterocycles. The minimum atomic E-state index is -1.04. The maximum absolute atomic E-state index is 12.8. The molecule has 1 spiro atoms. The number of amides is 1. The van der Waals surface area contributed by atoms with Gasteiger partial charge in [0, 0.05) is 67.8 Å². The maximum Gasteiger partial charge on any atom is 0.307 e. The fraction of sp³-hybridized carbons (Fsp3) is 0.629. The van der Waals surface area contributed by atoms with Gasteiger partial charge in [0.25, 0.3) is 11.1 Å². The number of likely N-dealkylation sites (tertiary alicyclic amines) is 1. The van der Waals surface area contributed by atoms with Crippen molar-refractivity contribution in [2.24, 2.45) is 17.8 Å². The number of aliphatic hydroxyl groups excluding tert-OH is 1. The standard InChI is InChI=1S/C23H35N7O8.C20H23NO4.C11H21NO3.C8H11N5O3/c1-12(2)19(34)14(27-21(35)15(26-13(3)4)5-7-16(31)32)6-8-17(33)38-11-37-10-30-9-25-18-20(30)28-23(24)29-22(18)36;22-13-4-3-12-9-15-20(24)6-5-14(23)18-19(20,16(12)17(13)25-18)7-8-21(15)10-11-1-2-11;1-7(2)11(15)9(12-8(3)4)5-6-10(13)14;9-8-11-6-5(7(15)12-8)10-3-13(6)4-16-2-1-14/h9,12-15,26H,5-8,10-11H2,1-4H3,(H,27,35)(H,31,32)(H3,24,28,29,36);3-4,11,15,18,22,24H,1-2,5-10H2;7-9,12H,5-6H2,1-4H3,(H,13,14);3,14H,1-2,4H2,(H3,9,11,12,15)/t;15-,18?,19+,20-;;/m.1../s1. The number of nitrogens with one attached hydrogen (secondary N) is 5. The number of Topliss-reactive ketones (excluding diaryl/α,β-unsaturated/α-hetero) is 3. The van der Waals surface area contributed by atoms with Crippen molar-refractivity contribution in [3.8, 4) is 11.5 Å². The van der Waals surface area contributed by atoms with Crippen LogP contribution in [0.5, 0.6) is 11.5 Å². The van der Waals surface area contributed by atoms with Gasteiger partial charge in [0.15, 0.2) is 64.1 Å². The van der Waals surface area contributed by atoms with E-state index in [2.05, 4.69) is 50.8 Å². The Kier molecular flexibility index (Phi) is 25.1. The Balaban J connectivity index is 0.000000191. The molecule has 94 heavy (non-hydrogen) atoms. The van der Waals surface area contributed by atoms with Gasteiger partial charge >= 0.3 is 17.9 Å². The van der Waals surface area contributed by atoms with Crippen LogP contribution in [-0.4, -0.2) is 192 Å². The second-order valence-electron chi connectivity index (χ2n) is 25.4. The summed E-state index contributed by atoms with van der Waals surface area (Å²) in [5.41, 5.74) is 11.4. The first-order valence-corrected chi connectivity index (χ1v) is 31.7. The predicted molar refractivity (Wildman–Crippen MR) is 339 cm³/mol. The molecule has 3 fully saturated rings. The van der Waals surface area contributed by atoms with Crippen LogP contribution in [0.25, 0.3) is 22.3 Å². The van der Waals surface area contributed by atoms with Crippen LogP contribution >= 0.6 is 0 Å². The largest absolute Gasteiger partial charge is 0.504 e. The van der Waals surface area contributed by atoms with E-state index in [0.29, 0.717) is 30.7 Å². The van der Waals surface area contributed by atoms with Crippen molar-refractivity contribution >= 4 is 75.4 Å². The van der Waals surface area contributed by atoms with E-state index in [1.165, 1.54) is 34.6 Å². The Labute approximate surface area is 541 Å². The van der Waals surface area contributed by atoms with Gasteiger partial charge in [0.2, 0.25) is 17.8 Å². The van der Waals surface area contributed by atoms with Gasteiger partial charge < -0.3 is 71.9 Å². The molecule has 4 aromatic heterocycles. The van der Waals surface area contributed by atoms with Gasteiger partial charge in [0.05, 0.1) is 55.0 Å². The highest BCUT2D eigenvalue weighted by Gasteiger charge is 2.73. The summed E-state index contributed by atoms with van der Waals surface area (Å²) in [5, 5.41) is 57.2. The summed E-state index contributed by atoms with van der Waals surface area (Å²) in [6.07, 6.45) is 7.13. The number of aliphatic carboxylic acids is 2. The van der Waals surface area contributed by atoms with Crippen molar-refractivity contribution in [1.82, 2.24) is 59.9 Å². The van der Waals surface area contributed by atoms with Gasteiger partial charge in [-0.1, -0.05) is 61.5 Å². The lowest BCUT2D eigenvalue weighted by Crippen LogP contribution is -2.76. The van der Waals surface area contributed by atoms with Crippen LogP contribution in [0.15, 0.2) is 34.4 Å². The summed E-state index contributed by atoms with van der Waals surface area (Å²) in [5.74, 6) is -2.38. The zero-order valence-corrected chi connectivity index (χ0v) is 54.3. The van der Waals surface area contributed by atoms with Crippen LogP contribution in [0.3, 0.4) is 0 Å². The van der Waals surface area contributed by atoms with Crippen LogP contribution in [0, 0.1) is 17.8 Å². The number of carboxylic acid groups (broad SMARTS) is 2. The number of phenols is 1. The van der Waals surface area contributed by atoms with Crippen molar-refractivity contribution < 1.29 is 78.0 Å². The molecule has 516 valence electrons. The molecule has 32 heteroatoms. The molecule has 5 aromatic rings. The number of esters is 1. The number of rotatable bonds is 29. The number of carbonyl (C=O) groups excluding carboxylic acids is 5. The zero-order valence-electron chi connectivity index (χ0n) is 54.3. The molecule has 1 aromatic carbocycles. The van der Waals surface area contributed by atoms with Crippen molar-refractivity contribution in [2.75, 3.05) is 44.6 Å². The third-order valence-corrected chi connectivity index (χ3v) is 17.0. The van der Waals surface area contributed by atoms with Gasteiger partial charge in [-0.25, -0.2) is 9.97 Å². The lowest BCUT2D eigenvalue weighted by Gasteiger charge is -2.62. The van der Waals surface area contributed by atoms with E-state index in [-0.39, 0.29) is 146 Å². The summed E-state index contributed by atoms with van der Waals surface area (Å²) in [7, 11) is 0. The molecular weight excluding hydrogens is 1230 g/mol. The van der Waals surface area contributed by atoms with E-state index in [4.69, 9.17) is 45.7 Å². The number of carbonyl (C=O) groups is 7. The fourth-order valence-corrected chi connectivity index (χ4v) is 12.5. The second-order valence-corrected chi connectivity index (χ2v) is 25.4. The van der Waals surface area contributed by atoms with E-state index < -0.39 is 71.3 Å². The molecule has 4 unspecified atom stereocenters. The number of hydrogen-bond donors (Lipinski definition) is 12. The molecule has 2 saturated carbocycles. The number of hydrogen-bond acceptors (Lipinski definition) is 25. The summed E-state index contributed by atoms with van der Waals surface area (Å²) in [6.45, 7) is 16.3. The molecular formula is C62H90N14O18. The van der Waals surface area contributed by atoms with Gasteiger partial charge in [0.1, 0.15) is 13.5 Å². The van der Waals surface area contributed by atoms with Crippen molar-refractivity contribution in [3.05, 3.63) is 56.6 Å². The SMILES string of the molecule is CC(C)NC(CCC(=O)O)C(=O)C(C)C.CC(C)NC(CCC(=O)O)C(=O)NC(CCC(=O)OCOCn1cnc2c(=O)[nH]c(N)nc21)C(=O)C(C)C.Nc1nc2c(ncn2COCCO)c(=O)[nH]1.O=C1CC[C@@]2(O)[C@H]3Cc4ccc(O)c5c4[C@@]2(CCN3CC2CC2)C1O5. The fourth-order valence-electron chi connectivity index (χ4n) is 12.5. The van der Waals surface area contributed by atoms with Crippen LogP contribution in [0.2, 0.25) is 0 Å². The minimum absolute atomic E-state index is 0.00690. The molecule has 14 N–H and O–H groups in total. The van der Waals surface area contributed by atoms with Gasteiger partial charge in [-0.2, -0.15) is 9.97 Å². The number of H-pyrrole nitrogens is 2. The Hall–Kier alpha value is -8.27. The Morgan fingerprint density at radius 2 is 1.30 bits per heavy atom. The van der Waals surface area contributed by atoms with E-state index in [9.17, 15) is 53.4 Å². The number of aromatic amines is 2. The molecule has 2 bridgehead atoms. The Morgan fingerprint density at radius 3 is 1.84 bits per heavy atom. The number of aromatic hydroxyl groups is 1. The number of ketones is 3. The number of piperidine rings is 1. The molecule has 1 amide bonds. The van der Waals surface area contributed by atoms with Crippen molar-refractivity contribution in [2.45, 2.75) is 199 Å². The van der Waals surface area contributed by atoms with Crippen LogP contribution in [0.4, 0.5) is 11.9 Å². The minimum Gasteiger partial charge on any atom is -0.504 e.